The Hall–Kier alpha value is -2.17. The van der Waals surface area contributed by atoms with E-state index in [4.69, 9.17) is 0 Å². The lowest BCUT2D eigenvalue weighted by Gasteiger charge is -2.24. The van der Waals surface area contributed by atoms with Gasteiger partial charge < -0.3 is 5.32 Å². The Kier molecular flexibility index (Phi) is 2.62. The number of aryl methyl sites for hydroxylation is 2. The molecule has 1 unspecified atom stereocenters. The van der Waals surface area contributed by atoms with Crippen molar-refractivity contribution in [2.24, 2.45) is 7.05 Å². The zero-order valence-electron chi connectivity index (χ0n) is 11.1. The predicted octanol–water partition coefficient (Wildman–Crippen LogP) is 1.66. The zero-order valence-corrected chi connectivity index (χ0v) is 11.1. The molecule has 98 valence electrons. The van der Waals surface area contributed by atoms with E-state index in [9.17, 15) is 4.79 Å². The molecule has 5 nitrogen and oxygen atoms in total. The van der Waals surface area contributed by atoms with Crippen LogP contribution >= 0.6 is 0 Å². The normalized spacial score (nSPS) is 21.2. The summed E-state index contributed by atoms with van der Waals surface area (Å²) in [7, 11) is 1.76. The van der Waals surface area contributed by atoms with E-state index in [2.05, 4.69) is 21.7 Å². The molecule has 0 bridgehead atoms. The molecule has 0 saturated heterocycles. The number of benzene rings is 1. The van der Waals surface area contributed by atoms with E-state index in [1.54, 1.807) is 17.9 Å². The molecule has 0 spiro atoms. The number of nitrogens with one attached hydrogen (secondary N) is 1. The summed E-state index contributed by atoms with van der Waals surface area (Å²) in [5.41, 5.74) is 1.92. The number of carbonyl (C=O) groups is 1. The maximum Gasteiger partial charge on any atom is 0.235 e. The molecule has 1 aliphatic rings. The monoisotopic (exact) mass is 256 g/mol. The fraction of sp³-hybridized carbons (Fsp3) is 0.357. The van der Waals surface area contributed by atoms with Gasteiger partial charge in [-0.25, -0.2) is 4.68 Å². The molecule has 3 rings (SSSR count). The smallest absolute Gasteiger partial charge is 0.235 e. The molecule has 0 radical (unpaired) electrons. The summed E-state index contributed by atoms with van der Waals surface area (Å²) in [5.74, 6) is 0.624. The molecule has 0 aliphatic heterocycles. The minimum atomic E-state index is -0.471. The molecule has 1 aliphatic carbocycles. The van der Waals surface area contributed by atoms with E-state index in [-0.39, 0.29) is 5.91 Å². The molecular formula is C14H16N4O. The van der Waals surface area contributed by atoms with Crippen molar-refractivity contribution in [1.29, 1.82) is 0 Å². The zero-order chi connectivity index (χ0) is 13.5. The van der Waals surface area contributed by atoms with Crippen LogP contribution in [0.5, 0.6) is 0 Å². The molecule has 0 saturated carbocycles. The van der Waals surface area contributed by atoms with Crippen molar-refractivity contribution in [3.63, 3.8) is 0 Å². The SMILES string of the molecule is Cn1nncc1NC(=O)C1(C)CCc2ccccc21. The van der Waals surface area contributed by atoms with Crippen LogP contribution in [0.3, 0.4) is 0 Å². The van der Waals surface area contributed by atoms with E-state index in [1.165, 1.54) is 5.56 Å². The topological polar surface area (TPSA) is 59.8 Å². The molecule has 1 heterocycles. The molecular weight excluding hydrogens is 240 g/mol. The average Bonchev–Trinajstić information content (AvgIpc) is 2.96. The van der Waals surface area contributed by atoms with Gasteiger partial charge in [0.1, 0.15) is 0 Å². The van der Waals surface area contributed by atoms with Gasteiger partial charge in [-0.15, -0.1) is 5.10 Å². The first-order chi connectivity index (χ1) is 9.11. The van der Waals surface area contributed by atoms with Crippen molar-refractivity contribution in [3.8, 4) is 0 Å². The van der Waals surface area contributed by atoms with Crippen LogP contribution in [0, 0.1) is 0 Å². The average molecular weight is 256 g/mol. The Bertz CT molecular complexity index is 634. The lowest BCUT2D eigenvalue weighted by atomic mass is 9.83. The van der Waals surface area contributed by atoms with E-state index < -0.39 is 5.41 Å². The summed E-state index contributed by atoms with van der Waals surface area (Å²) in [4.78, 5) is 12.6. The van der Waals surface area contributed by atoms with Crippen molar-refractivity contribution in [3.05, 3.63) is 41.6 Å². The van der Waals surface area contributed by atoms with Gasteiger partial charge in [0.15, 0.2) is 5.82 Å². The maximum absolute atomic E-state index is 12.6. The third kappa shape index (κ3) is 1.82. The fourth-order valence-corrected chi connectivity index (χ4v) is 2.69. The first kappa shape index (κ1) is 11.9. The van der Waals surface area contributed by atoms with Gasteiger partial charge in [-0.05, 0) is 30.9 Å². The van der Waals surface area contributed by atoms with Crippen molar-refractivity contribution in [2.45, 2.75) is 25.2 Å². The summed E-state index contributed by atoms with van der Waals surface area (Å²) in [6.45, 7) is 2.00. The number of carbonyl (C=O) groups excluding carboxylic acids is 1. The number of fused-ring (bicyclic) bond motifs is 1. The van der Waals surface area contributed by atoms with Crippen molar-refractivity contribution < 1.29 is 4.79 Å². The van der Waals surface area contributed by atoms with E-state index in [1.807, 2.05) is 25.1 Å². The third-order valence-electron chi connectivity index (χ3n) is 3.96. The molecule has 1 aromatic heterocycles. The first-order valence-corrected chi connectivity index (χ1v) is 6.36. The Morgan fingerprint density at radius 3 is 2.95 bits per heavy atom. The minimum absolute atomic E-state index is 0.00264. The number of aromatic nitrogens is 3. The van der Waals surface area contributed by atoms with Crippen molar-refractivity contribution >= 4 is 11.7 Å². The van der Waals surface area contributed by atoms with Gasteiger partial charge in [-0.3, -0.25) is 4.79 Å². The molecule has 1 aromatic carbocycles. The number of amides is 1. The summed E-state index contributed by atoms with van der Waals surface area (Å²) in [6, 6.07) is 8.15. The van der Waals surface area contributed by atoms with Gasteiger partial charge in [0, 0.05) is 7.05 Å². The van der Waals surface area contributed by atoms with Gasteiger partial charge >= 0.3 is 0 Å². The van der Waals surface area contributed by atoms with Crippen LogP contribution in [0.25, 0.3) is 0 Å². The predicted molar refractivity (Wildman–Crippen MR) is 71.7 cm³/mol. The Morgan fingerprint density at radius 2 is 2.21 bits per heavy atom. The second-order valence-electron chi connectivity index (χ2n) is 5.19. The highest BCUT2D eigenvalue weighted by Gasteiger charge is 2.40. The third-order valence-corrected chi connectivity index (χ3v) is 3.96. The van der Waals surface area contributed by atoms with Crippen LogP contribution in [0.15, 0.2) is 30.5 Å². The fourth-order valence-electron chi connectivity index (χ4n) is 2.69. The number of anilines is 1. The molecule has 1 N–H and O–H groups in total. The van der Waals surface area contributed by atoms with Gasteiger partial charge in [0.05, 0.1) is 11.6 Å². The number of nitrogens with zero attached hydrogens (tertiary/aromatic N) is 3. The summed E-state index contributed by atoms with van der Waals surface area (Å²) >= 11 is 0. The van der Waals surface area contributed by atoms with Crippen LogP contribution in [-0.2, 0) is 23.7 Å². The highest BCUT2D eigenvalue weighted by atomic mass is 16.2. The Labute approximate surface area is 111 Å². The van der Waals surface area contributed by atoms with Crippen molar-refractivity contribution in [2.75, 3.05) is 5.32 Å². The molecule has 5 heteroatoms. The number of hydrogen-bond donors (Lipinski definition) is 1. The van der Waals surface area contributed by atoms with Crippen LogP contribution in [0.4, 0.5) is 5.82 Å². The summed E-state index contributed by atoms with van der Waals surface area (Å²) in [6.07, 6.45) is 3.34. The highest BCUT2D eigenvalue weighted by Crippen LogP contribution is 2.39. The van der Waals surface area contributed by atoms with Crippen molar-refractivity contribution in [1.82, 2.24) is 15.0 Å². The largest absolute Gasteiger partial charge is 0.309 e. The number of rotatable bonds is 2. The lowest BCUT2D eigenvalue weighted by Crippen LogP contribution is -2.36. The second kappa shape index (κ2) is 4.19. The molecule has 1 amide bonds. The molecule has 1 atom stereocenters. The van der Waals surface area contributed by atoms with Crippen LogP contribution in [-0.4, -0.2) is 20.9 Å². The molecule has 2 aromatic rings. The lowest BCUT2D eigenvalue weighted by molar-refractivity contribution is -0.121. The van der Waals surface area contributed by atoms with Gasteiger partial charge in [-0.1, -0.05) is 29.5 Å². The van der Waals surface area contributed by atoms with Gasteiger partial charge in [0.2, 0.25) is 5.91 Å². The quantitative estimate of drug-likeness (QED) is 0.889. The minimum Gasteiger partial charge on any atom is -0.309 e. The van der Waals surface area contributed by atoms with Crippen LogP contribution < -0.4 is 5.32 Å². The Morgan fingerprint density at radius 1 is 1.42 bits per heavy atom. The number of hydrogen-bond acceptors (Lipinski definition) is 3. The summed E-state index contributed by atoms with van der Waals surface area (Å²) < 4.78 is 1.56. The van der Waals surface area contributed by atoms with E-state index in [0.717, 1.165) is 18.4 Å². The van der Waals surface area contributed by atoms with Gasteiger partial charge in [-0.2, -0.15) is 0 Å². The maximum atomic E-state index is 12.6. The van der Waals surface area contributed by atoms with E-state index >= 15 is 0 Å². The second-order valence-corrected chi connectivity index (χ2v) is 5.19. The van der Waals surface area contributed by atoms with Crippen LogP contribution in [0.2, 0.25) is 0 Å². The van der Waals surface area contributed by atoms with E-state index in [0.29, 0.717) is 5.82 Å². The standard InChI is InChI=1S/C14H16N4O/c1-14(8-7-10-5-3-4-6-11(10)14)13(19)16-12-9-15-17-18(12)2/h3-6,9H,7-8H2,1-2H3,(H,16,19). The molecule has 0 fully saturated rings. The highest BCUT2D eigenvalue weighted by molar-refractivity contribution is 5.99. The first-order valence-electron chi connectivity index (χ1n) is 6.36. The van der Waals surface area contributed by atoms with Crippen LogP contribution in [0.1, 0.15) is 24.5 Å². The summed E-state index contributed by atoms with van der Waals surface area (Å²) in [5, 5.41) is 10.5. The Balaban J connectivity index is 1.90. The van der Waals surface area contributed by atoms with Gasteiger partial charge in [0.25, 0.3) is 0 Å². The molecule has 19 heavy (non-hydrogen) atoms.